The number of aromatic nitrogens is 2. The van der Waals surface area contributed by atoms with E-state index in [1.165, 1.54) is 0 Å². The lowest BCUT2D eigenvalue weighted by molar-refractivity contribution is -0.217. The minimum absolute atomic E-state index is 0.0669. The van der Waals surface area contributed by atoms with E-state index in [2.05, 4.69) is 15.5 Å². The summed E-state index contributed by atoms with van der Waals surface area (Å²) >= 11 is 0. The molecule has 3 rings (SSSR count). The number of hydrogen-bond donors (Lipinski definition) is 2. The number of halogens is 2. The average molecular weight is 329 g/mol. The molecule has 1 aromatic heterocycles. The monoisotopic (exact) mass is 329 g/mol. The molecule has 6 nitrogen and oxygen atoms in total. The molecule has 0 atom stereocenters. The summed E-state index contributed by atoms with van der Waals surface area (Å²) in [4.78, 5) is 16.4. The molecule has 0 bridgehead atoms. The zero-order valence-electron chi connectivity index (χ0n) is 13.1. The van der Waals surface area contributed by atoms with Crippen LogP contribution < -0.4 is 5.32 Å². The standard InChI is InChI=1S/C15H21F2N3O3/c1-2-10-18-11(20-23-10)13(6-3-4-7-13)19-12(21)15(16,17)14(22)8-5-9-14/h22H,2-9H2,1H3,(H,19,21). The van der Waals surface area contributed by atoms with Crippen molar-refractivity contribution < 1.29 is 23.2 Å². The van der Waals surface area contributed by atoms with Gasteiger partial charge in [-0.05, 0) is 32.1 Å². The summed E-state index contributed by atoms with van der Waals surface area (Å²) in [5.41, 5.74) is -3.26. The number of alkyl halides is 2. The van der Waals surface area contributed by atoms with Crippen LogP contribution in [0.3, 0.4) is 0 Å². The summed E-state index contributed by atoms with van der Waals surface area (Å²) in [7, 11) is 0. The Labute approximate surface area is 132 Å². The first-order valence-electron chi connectivity index (χ1n) is 8.09. The highest BCUT2D eigenvalue weighted by Gasteiger charge is 2.62. The summed E-state index contributed by atoms with van der Waals surface area (Å²) in [6.45, 7) is 1.84. The van der Waals surface area contributed by atoms with Crippen LogP contribution in [0.25, 0.3) is 0 Å². The van der Waals surface area contributed by atoms with Gasteiger partial charge in [-0.15, -0.1) is 0 Å². The molecule has 1 aromatic rings. The molecule has 1 amide bonds. The second-order valence-corrected chi connectivity index (χ2v) is 6.57. The first-order chi connectivity index (χ1) is 10.8. The van der Waals surface area contributed by atoms with Crippen molar-refractivity contribution in [2.45, 2.75) is 75.4 Å². The van der Waals surface area contributed by atoms with Crippen LogP contribution in [-0.2, 0) is 16.8 Å². The molecule has 2 saturated carbocycles. The Morgan fingerprint density at radius 1 is 1.30 bits per heavy atom. The maximum atomic E-state index is 14.3. The molecule has 0 radical (unpaired) electrons. The highest BCUT2D eigenvalue weighted by Crippen LogP contribution is 2.45. The third-order valence-electron chi connectivity index (χ3n) is 5.06. The molecule has 23 heavy (non-hydrogen) atoms. The molecule has 2 fully saturated rings. The van der Waals surface area contributed by atoms with Gasteiger partial charge < -0.3 is 14.9 Å². The van der Waals surface area contributed by atoms with E-state index in [0.29, 0.717) is 31.6 Å². The van der Waals surface area contributed by atoms with E-state index in [1.807, 2.05) is 6.92 Å². The van der Waals surface area contributed by atoms with E-state index in [-0.39, 0.29) is 18.7 Å². The normalized spacial score (nSPS) is 22.6. The minimum Gasteiger partial charge on any atom is -0.383 e. The fourth-order valence-electron chi connectivity index (χ4n) is 3.31. The number of nitrogens with one attached hydrogen (secondary N) is 1. The lowest BCUT2D eigenvalue weighted by atomic mass is 9.75. The molecule has 2 aliphatic rings. The topological polar surface area (TPSA) is 88.2 Å². The first kappa shape index (κ1) is 16.3. The summed E-state index contributed by atoms with van der Waals surface area (Å²) in [5, 5.41) is 16.2. The second kappa shape index (κ2) is 5.51. The van der Waals surface area contributed by atoms with Gasteiger partial charge in [-0.25, -0.2) is 0 Å². The van der Waals surface area contributed by atoms with E-state index in [9.17, 15) is 18.7 Å². The molecule has 2 aliphatic carbocycles. The average Bonchev–Trinajstić information content (AvgIpc) is 3.13. The van der Waals surface area contributed by atoms with Gasteiger partial charge in [0.15, 0.2) is 5.82 Å². The quantitative estimate of drug-likeness (QED) is 0.863. The molecule has 0 aliphatic heterocycles. The lowest BCUT2D eigenvalue weighted by Crippen LogP contribution is -2.63. The van der Waals surface area contributed by atoms with Crippen molar-refractivity contribution in [3.8, 4) is 0 Å². The molecule has 0 unspecified atom stereocenters. The Kier molecular flexibility index (Phi) is 3.90. The number of carbonyl (C=O) groups excluding carboxylic acids is 1. The maximum Gasteiger partial charge on any atom is 0.352 e. The van der Waals surface area contributed by atoms with Crippen LogP contribution in [0.15, 0.2) is 4.52 Å². The van der Waals surface area contributed by atoms with E-state index in [1.54, 1.807) is 0 Å². The maximum absolute atomic E-state index is 14.3. The highest BCUT2D eigenvalue weighted by molar-refractivity contribution is 5.85. The van der Waals surface area contributed by atoms with E-state index < -0.39 is 23.0 Å². The summed E-state index contributed by atoms with van der Waals surface area (Å²) < 4.78 is 33.7. The fourth-order valence-corrected chi connectivity index (χ4v) is 3.31. The van der Waals surface area contributed by atoms with Crippen LogP contribution in [0, 0.1) is 0 Å². The fraction of sp³-hybridized carbons (Fsp3) is 0.800. The largest absolute Gasteiger partial charge is 0.383 e. The van der Waals surface area contributed by atoms with Crippen LogP contribution in [0.1, 0.15) is 63.6 Å². The number of hydrogen-bond acceptors (Lipinski definition) is 5. The second-order valence-electron chi connectivity index (χ2n) is 6.57. The van der Waals surface area contributed by atoms with Crippen molar-refractivity contribution >= 4 is 5.91 Å². The Morgan fingerprint density at radius 2 is 1.96 bits per heavy atom. The number of rotatable bonds is 5. The molecule has 0 spiro atoms. The van der Waals surface area contributed by atoms with Crippen LogP contribution >= 0.6 is 0 Å². The van der Waals surface area contributed by atoms with Gasteiger partial charge in [0.05, 0.1) is 0 Å². The summed E-state index contributed by atoms with van der Waals surface area (Å²) in [6.07, 6.45) is 3.43. The smallest absolute Gasteiger partial charge is 0.352 e. The van der Waals surface area contributed by atoms with Crippen LogP contribution in [0.5, 0.6) is 0 Å². The zero-order chi connectivity index (χ0) is 16.7. The van der Waals surface area contributed by atoms with Gasteiger partial charge in [0, 0.05) is 6.42 Å². The van der Waals surface area contributed by atoms with Crippen molar-refractivity contribution in [2.24, 2.45) is 0 Å². The van der Waals surface area contributed by atoms with Crippen molar-refractivity contribution in [1.29, 1.82) is 0 Å². The third kappa shape index (κ3) is 2.52. The Hall–Kier alpha value is -1.57. The number of amides is 1. The Balaban J connectivity index is 1.83. The predicted molar refractivity (Wildman–Crippen MR) is 75.7 cm³/mol. The van der Waals surface area contributed by atoms with Gasteiger partial charge in [0.2, 0.25) is 5.89 Å². The van der Waals surface area contributed by atoms with Crippen molar-refractivity contribution in [3.63, 3.8) is 0 Å². The van der Waals surface area contributed by atoms with Gasteiger partial charge in [0.1, 0.15) is 11.1 Å². The SMILES string of the molecule is CCc1nc(C2(NC(=O)C(F)(F)C3(O)CCC3)CCCC2)no1. The molecule has 2 N–H and O–H groups in total. The van der Waals surface area contributed by atoms with Crippen molar-refractivity contribution in [1.82, 2.24) is 15.5 Å². The van der Waals surface area contributed by atoms with Gasteiger partial charge in [-0.3, -0.25) is 4.79 Å². The number of aliphatic hydroxyl groups is 1. The minimum atomic E-state index is -3.82. The van der Waals surface area contributed by atoms with Gasteiger partial charge >= 0.3 is 5.92 Å². The number of aryl methyl sites for hydroxylation is 1. The molecule has 128 valence electrons. The third-order valence-corrected chi connectivity index (χ3v) is 5.06. The zero-order valence-corrected chi connectivity index (χ0v) is 13.1. The van der Waals surface area contributed by atoms with Crippen LogP contribution in [-0.4, -0.2) is 32.7 Å². The van der Waals surface area contributed by atoms with Crippen molar-refractivity contribution in [2.75, 3.05) is 0 Å². The van der Waals surface area contributed by atoms with Crippen LogP contribution in [0.2, 0.25) is 0 Å². The lowest BCUT2D eigenvalue weighted by Gasteiger charge is -2.42. The molecule has 0 saturated heterocycles. The molecular formula is C15H21F2N3O3. The Morgan fingerprint density at radius 3 is 2.43 bits per heavy atom. The molecular weight excluding hydrogens is 308 g/mol. The van der Waals surface area contributed by atoms with Gasteiger partial charge in [-0.2, -0.15) is 13.8 Å². The van der Waals surface area contributed by atoms with Crippen LogP contribution in [0.4, 0.5) is 8.78 Å². The number of nitrogens with zero attached hydrogens (tertiary/aromatic N) is 2. The summed E-state index contributed by atoms with van der Waals surface area (Å²) in [6, 6.07) is 0. The first-order valence-corrected chi connectivity index (χ1v) is 8.09. The van der Waals surface area contributed by atoms with Crippen molar-refractivity contribution in [3.05, 3.63) is 11.7 Å². The Bertz CT molecular complexity index is 593. The molecule has 0 aromatic carbocycles. The molecule has 1 heterocycles. The van der Waals surface area contributed by atoms with E-state index in [0.717, 1.165) is 12.8 Å². The summed E-state index contributed by atoms with van der Waals surface area (Å²) in [5.74, 6) is -4.62. The molecule has 8 heteroatoms. The van der Waals surface area contributed by atoms with Gasteiger partial charge in [-0.1, -0.05) is 24.9 Å². The predicted octanol–water partition coefficient (Wildman–Crippen LogP) is 2.07. The van der Waals surface area contributed by atoms with Gasteiger partial charge in [0.25, 0.3) is 5.91 Å². The van der Waals surface area contributed by atoms with E-state index in [4.69, 9.17) is 4.52 Å². The number of carbonyl (C=O) groups is 1. The highest BCUT2D eigenvalue weighted by atomic mass is 19.3. The van der Waals surface area contributed by atoms with E-state index >= 15 is 0 Å².